The quantitative estimate of drug-likeness (QED) is 0.614. The predicted octanol–water partition coefficient (Wildman–Crippen LogP) is 3.11. The molecule has 2 aromatic carbocycles. The summed E-state index contributed by atoms with van der Waals surface area (Å²) < 4.78 is 51.5. The van der Waals surface area contributed by atoms with Crippen LogP contribution in [0.25, 0.3) is 6.08 Å². The van der Waals surface area contributed by atoms with Crippen LogP contribution in [0.5, 0.6) is 0 Å². The van der Waals surface area contributed by atoms with Crippen molar-refractivity contribution in [2.75, 3.05) is 14.1 Å². The van der Waals surface area contributed by atoms with Gasteiger partial charge in [0.05, 0.1) is 4.90 Å². The Morgan fingerprint density at radius 1 is 1.04 bits per heavy atom. The molecule has 0 amide bonds. The molecule has 0 heterocycles. The van der Waals surface area contributed by atoms with Crippen LogP contribution < -0.4 is 0 Å². The van der Waals surface area contributed by atoms with E-state index in [-0.39, 0.29) is 16.0 Å². The summed E-state index contributed by atoms with van der Waals surface area (Å²) in [5, 5.41) is 0. The third-order valence-corrected chi connectivity index (χ3v) is 5.12. The van der Waals surface area contributed by atoms with Gasteiger partial charge >= 0.3 is 0 Å². The zero-order chi connectivity index (χ0) is 17.9. The molecule has 0 saturated heterocycles. The Bertz CT molecular complexity index is 889. The first kappa shape index (κ1) is 18.0. The Morgan fingerprint density at radius 3 is 2.25 bits per heavy atom. The fourth-order valence-corrected chi connectivity index (χ4v) is 2.81. The number of halogens is 2. The number of rotatable bonds is 5. The van der Waals surface area contributed by atoms with Crippen LogP contribution >= 0.6 is 0 Å². The second-order valence-electron chi connectivity index (χ2n) is 5.18. The molecule has 24 heavy (non-hydrogen) atoms. The van der Waals surface area contributed by atoms with Crippen LogP contribution in [0.1, 0.15) is 15.9 Å². The van der Waals surface area contributed by atoms with E-state index in [1.807, 2.05) is 0 Å². The van der Waals surface area contributed by atoms with E-state index in [4.69, 9.17) is 0 Å². The number of sulfonamides is 1. The van der Waals surface area contributed by atoms with E-state index in [2.05, 4.69) is 0 Å². The molecule has 2 aromatic rings. The van der Waals surface area contributed by atoms with Crippen LogP contribution in [0.2, 0.25) is 0 Å². The van der Waals surface area contributed by atoms with Crippen molar-refractivity contribution in [1.82, 2.24) is 4.31 Å². The molecule has 0 aliphatic carbocycles. The maximum absolute atomic E-state index is 13.5. The lowest BCUT2D eigenvalue weighted by molar-refractivity contribution is 0.104. The van der Waals surface area contributed by atoms with E-state index in [1.165, 1.54) is 44.4 Å². The van der Waals surface area contributed by atoms with Gasteiger partial charge in [0.1, 0.15) is 11.6 Å². The zero-order valence-corrected chi connectivity index (χ0v) is 13.8. The Balaban J connectivity index is 2.22. The average molecular weight is 351 g/mol. The van der Waals surface area contributed by atoms with E-state index in [1.54, 1.807) is 0 Å². The fourth-order valence-electron chi connectivity index (χ4n) is 1.91. The SMILES string of the molecule is CN(C)S(=O)(=O)c1ccc(C(=O)C=Cc2cc(F)ccc2F)cc1. The summed E-state index contributed by atoms with van der Waals surface area (Å²) in [6.07, 6.45) is 2.28. The Kier molecular flexibility index (Phi) is 5.26. The second-order valence-corrected chi connectivity index (χ2v) is 7.33. The lowest BCUT2D eigenvalue weighted by Crippen LogP contribution is -2.22. The minimum absolute atomic E-state index is 0.0462. The molecule has 0 N–H and O–H groups in total. The van der Waals surface area contributed by atoms with Gasteiger partial charge in [-0.05, 0) is 54.6 Å². The van der Waals surface area contributed by atoms with E-state index >= 15 is 0 Å². The van der Waals surface area contributed by atoms with Gasteiger partial charge in [-0.2, -0.15) is 0 Å². The normalized spacial score (nSPS) is 12.0. The Labute approximate surface area is 139 Å². The molecule has 0 saturated carbocycles. The standard InChI is InChI=1S/C17H15F2NO3S/c1-20(2)24(22,23)15-7-3-12(4-8-15)17(21)10-5-13-11-14(18)6-9-16(13)19/h3-11H,1-2H3. The van der Waals surface area contributed by atoms with Gasteiger partial charge in [0, 0.05) is 25.2 Å². The molecule has 4 nitrogen and oxygen atoms in total. The summed E-state index contributed by atoms with van der Waals surface area (Å²) >= 11 is 0. The molecular formula is C17H15F2NO3S. The number of hydrogen-bond donors (Lipinski definition) is 0. The first-order valence-electron chi connectivity index (χ1n) is 6.92. The number of carbonyl (C=O) groups is 1. The van der Waals surface area contributed by atoms with Gasteiger partial charge in [-0.25, -0.2) is 21.5 Å². The van der Waals surface area contributed by atoms with Crippen LogP contribution in [0.4, 0.5) is 8.78 Å². The molecule has 0 aliphatic heterocycles. The molecule has 126 valence electrons. The second kappa shape index (κ2) is 7.02. The monoisotopic (exact) mass is 351 g/mol. The molecule has 0 spiro atoms. The summed E-state index contributed by atoms with van der Waals surface area (Å²) in [6, 6.07) is 8.30. The minimum Gasteiger partial charge on any atom is -0.289 e. The molecule has 0 radical (unpaired) electrons. The first-order chi connectivity index (χ1) is 11.2. The minimum atomic E-state index is -3.57. The van der Waals surface area contributed by atoms with Crippen LogP contribution in [0.3, 0.4) is 0 Å². The van der Waals surface area contributed by atoms with E-state index in [0.29, 0.717) is 0 Å². The van der Waals surface area contributed by atoms with Gasteiger partial charge in [-0.3, -0.25) is 4.79 Å². The highest BCUT2D eigenvalue weighted by molar-refractivity contribution is 7.89. The summed E-state index contributed by atoms with van der Waals surface area (Å²) in [7, 11) is -0.757. The van der Waals surface area contributed by atoms with Crippen molar-refractivity contribution >= 4 is 21.9 Å². The van der Waals surface area contributed by atoms with E-state index in [0.717, 1.165) is 28.6 Å². The number of allylic oxidation sites excluding steroid dienone is 1. The Morgan fingerprint density at radius 2 is 1.67 bits per heavy atom. The van der Waals surface area contributed by atoms with Crippen molar-refractivity contribution in [1.29, 1.82) is 0 Å². The lowest BCUT2D eigenvalue weighted by Gasteiger charge is -2.11. The lowest BCUT2D eigenvalue weighted by atomic mass is 10.1. The molecule has 7 heteroatoms. The summed E-state index contributed by atoms with van der Waals surface area (Å²) in [6.45, 7) is 0. The number of hydrogen-bond acceptors (Lipinski definition) is 3. The van der Waals surface area contributed by atoms with Crippen LogP contribution in [-0.4, -0.2) is 32.6 Å². The summed E-state index contributed by atoms with van der Waals surface area (Å²) in [5.74, 6) is -1.71. The third kappa shape index (κ3) is 3.93. The molecule has 0 aliphatic rings. The summed E-state index contributed by atoms with van der Waals surface area (Å²) in [4.78, 5) is 12.1. The average Bonchev–Trinajstić information content (AvgIpc) is 2.55. The largest absolute Gasteiger partial charge is 0.289 e. The summed E-state index contributed by atoms with van der Waals surface area (Å²) in [5.41, 5.74) is 0.191. The highest BCUT2D eigenvalue weighted by Crippen LogP contribution is 2.16. The topological polar surface area (TPSA) is 54.5 Å². The Hall–Kier alpha value is -2.38. The van der Waals surface area contributed by atoms with Gasteiger partial charge in [0.25, 0.3) is 0 Å². The van der Waals surface area contributed by atoms with Crippen molar-refractivity contribution in [3.63, 3.8) is 0 Å². The van der Waals surface area contributed by atoms with Crippen molar-refractivity contribution in [2.24, 2.45) is 0 Å². The van der Waals surface area contributed by atoms with Crippen molar-refractivity contribution in [3.05, 3.63) is 71.3 Å². The smallest absolute Gasteiger partial charge is 0.242 e. The molecular weight excluding hydrogens is 336 g/mol. The van der Waals surface area contributed by atoms with Crippen molar-refractivity contribution in [3.8, 4) is 0 Å². The number of carbonyl (C=O) groups excluding carboxylic acids is 1. The highest BCUT2D eigenvalue weighted by atomic mass is 32.2. The van der Waals surface area contributed by atoms with Crippen molar-refractivity contribution in [2.45, 2.75) is 4.90 Å². The van der Waals surface area contributed by atoms with Crippen LogP contribution in [0, 0.1) is 11.6 Å². The van der Waals surface area contributed by atoms with Gasteiger partial charge in [0.15, 0.2) is 5.78 Å². The van der Waals surface area contributed by atoms with Crippen LogP contribution in [-0.2, 0) is 10.0 Å². The number of nitrogens with zero attached hydrogens (tertiary/aromatic N) is 1. The fraction of sp³-hybridized carbons (Fsp3) is 0.118. The first-order valence-corrected chi connectivity index (χ1v) is 8.36. The van der Waals surface area contributed by atoms with Gasteiger partial charge in [0.2, 0.25) is 10.0 Å². The van der Waals surface area contributed by atoms with Gasteiger partial charge in [-0.1, -0.05) is 0 Å². The van der Waals surface area contributed by atoms with Gasteiger partial charge < -0.3 is 0 Å². The molecule has 2 rings (SSSR count). The van der Waals surface area contributed by atoms with Crippen LogP contribution in [0.15, 0.2) is 53.4 Å². The van der Waals surface area contributed by atoms with Crippen molar-refractivity contribution < 1.29 is 22.0 Å². The zero-order valence-electron chi connectivity index (χ0n) is 13.0. The number of benzene rings is 2. The predicted molar refractivity (Wildman–Crippen MR) is 87.0 cm³/mol. The molecule has 0 atom stereocenters. The molecule has 0 fully saturated rings. The number of ketones is 1. The highest BCUT2D eigenvalue weighted by Gasteiger charge is 2.17. The van der Waals surface area contributed by atoms with E-state index < -0.39 is 27.4 Å². The third-order valence-electron chi connectivity index (χ3n) is 3.29. The van der Waals surface area contributed by atoms with E-state index in [9.17, 15) is 22.0 Å². The molecule has 0 unspecified atom stereocenters. The van der Waals surface area contributed by atoms with Gasteiger partial charge in [-0.15, -0.1) is 0 Å². The maximum atomic E-state index is 13.5. The molecule has 0 bridgehead atoms. The molecule has 0 aromatic heterocycles. The maximum Gasteiger partial charge on any atom is 0.242 e.